The first-order valence-electron chi connectivity index (χ1n) is 6.43. The van der Waals surface area contributed by atoms with E-state index >= 15 is 0 Å². The van der Waals surface area contributed by atoms with E-state index in [1.54, 1.807) is 12.1 Å². The van der Waals surface area contributed by atoms with E-state index in [4.69, 9.17) is 10.5 Å². The summed E-state index contributed by atoms with van der Waals surface area (Å²) in [5.74, 6) is 0.457. The maximum Gasteiger partial charge on any atom is 0.165 e. The Morgan fingerprint density at radius 2 is 2.00 bits per heavy atom. The molecule has 0 saturated carbocycles. The minimum atomic E-state index is -0.369. The molecule has 0 spiro atoms. The van der Waals surface area contributed by atoms with Crippen molar-refractivity contribution in [3.63, 3.8) is 0 Å². The Hall–Kier alpha value is -1.39. The van der Waals surface area contributed by atoms with Crippen LogP contribution in [0.2, 0.25) is 0 Å². The predicted molar refractivity (Wildman–Crippen MR) is 82.7 cm³/mol. The zero-order valence-corrected chi connectivity index (χ0v) is 13.1. The number of hydrogen-bond donors (Lipinski definition) is 1. The van der Waals surface area contributed by atoms with Gasteiger partial charge in [0.15, 0.2) is 11.6 Å². The molecule has 20 heavy (non-hydrogen) atoms. The normalized spacial score (nSPS) is 12.2. The van der Waals surface area contributed by atoms with Crippen LogP contribution < -0.4 is 10.5 Å². The molecule has 2 N–H and O–H groups in total. The SMILES string of the molecule is Cc1ccc(F)c(Oc2ccc(CC(C)N)c(Br)c2)c1. The van der Waals surface area contributed by atoms with Gasteiger partial charge in [-0.2, -0.15) is 0 Å². The fourth-order valence-corrected chi connectivity index (χ4v) is 2.44. The molecular formula is C16H17BrFNO. The van der Waals surface area contributed by atoms with Gasteiger partial charge in [-0.15, -0.1) is 0 Å². The van der Waals surface area contributed by atoms with Gasteiger partial charge in [0.25, 0.3) is 0 Å². The first-order valence-corrected chi connectivity index (χ1v) is 7.23. The van der Waals surface area contributed by atoms with Crippen molar-refractivity contribution < 1.29 is 9.13 Å². The molecule has 0 aliphatic rings. The summed E-state index contributed by atoms with van der Waals surface area (Å²) in [6.07, 6.45) is 0.777. The third-order valence-corrected chi connectivity index (χ3v) is 3.62. The van der Waals surface area contributed by atoms with E-state index in [9.17, 15) is 4.39 Å². The topological polar surface area (TPSA) is 35.2 Å². The van der Waals surface area contributed by atoms with Crippen LogP contribution in [0.25, 0.3) is 0 Å². The molecule has 0 aliphatic heterocycles. The Balaban J connectivity index is 2.22. The summed E-state index contributed by atoms with van der Waals surface area (Å²) in [5, 5.41) is 0. The number of rotatable bonds is 4. The highest BCUT2D eigenvalue weighted by Crippen LogP contribution is 2.29. The van der Waals surface area contributed by atoms with Gasteiger partial charge in [0.2, 0.25) is 0 Å². The van der Waals surface area contributed by atoms with Crippen LogP contribution in [0.1, 0.15) is 18.1 Å². The summed E-state index contributed by atoms with van der Waals surface area (Å²) < 4.78 is 20.2. The van der Waals surface area contributed by atoms with Gasteiger partial charge in [-0.3, -0.25) is 0 Å². The second kappa shape index (κ2) is 6.37. The lowest BCUT2D eigenvalue weighted by molar-refractivity contribution is 0.441. The van der Waals surface area contributed by atoms with Crippen LogP contribution in [0.15, 0.2) is 40.9 Å². The average Bonchev–Trinajstić information content (AvgIpc) is 2.37. The molecule has 2 aromatic carbocycles. The van der Waals surface area contributed by atoms with E-state index in [2.05, 4.69) is 15.9 Å². The molecule has 1 atom stereocenters. The first kappa shape index (κ1) is 15.0. The summed E-state index contributed by atoms with van der Waals surface area (Å²) in [6.45, 7) is 3.85. The van der Waals surface area contributed by atoms with Gasteiger partial charge in [-0.1, -0.05) is 28.1 Å². The Labute approximate surface area is 126 Å². The van der Waals surface area contributed by atoms with Crippen molar-refractivity contribution in [1.82, 2.24) is 0 Å². The van der Waals surface area contributed by atoms with Gasteiger partial charge >= 0.3 is 0 Å². The molecule has 2 nitrogen and oxygen atoms in total. The molecule has 2 rings (SSSR count). The summed E-state index contributed by atoms with van der Waals surface area (Å²) in [4.78, 5) is 0. The lowest BCUT2D eigenvalue weighted by Gasteiger charge is -2.11. The minimum absolute atomic E-state index is 0.0901. The van der Waals surface area contributed by atoms with Crippen molar-refractivity contribution in [2.75, 3.05) is 0 Å². The molecule has 0 heterocycles. The fraction of sp³-hybridized carbons (Fsp3) is 0.250. The van der Waals surface area contributed by atoms with Crippen molar-refractivity contribution in [1.29, 1.82) is 0 Å². The number of halogens is 2. The number of ether oxygens (including phenoxy) is 1. The van der Waals surface area contributed by atoms with Crippen molar-refractivity contribution in [2.24, 2.45) is 5.73 Å². The zero-order chi connectivity index (χ0) is 14.7. The summed E-state index contributed by atoms with van der Waals surface area (Å²) in [7, 11) is 0. The smallest absolute Gasteiger partial charge is 0.165 e. The van der Waals surface area contributed by atoms with Gasteiger partial charge in [0.05, 0.1) is 0 Å². The van der Waals surface area contributed by atoms with Crippen LogP contribution in [0.3, 0.4) is 0 Å². The van der Waals surface area contributed by atoms with Crippen LogP contribution in [-0.2, 0) is 6.42 Å². The quantitative estimate of drug-likeness (QED) is 0.886. The molecule has 106 valence electrons. The molecule has 0 radical (unpaired) electrons. The van der Waals surface area contributed by atoms with Crippen molar-refractivity contribution in [3.8, 4) is 11.5 Å². The molecule has 0 bridgehead atoms. The maximum atomic E-state index is 13.7. The Morgan fingerprint density at radius 3 is 2.65 bits per heavy atom. The minimum Gasteiger partial charge on any atom is -0.454 e. The molecule has 0 fully saturated rings. The number of benzene rings is 2. The van der Waals surface area contributed by atoms with Crippen molar-refractivity contribution in [2.45, 2.75) is 26.3 Å². The first-order chi connectivity index (χ1) is 9.45. The molecular weight excluding hydrogens is 321 g/mol. The van der Waals surface area contributed by atoms with Crippen LogP contribution in [0.5, 0.6) is 11.5 Å². The number of nitrogens with two attached hydrogens (primary N) is 1. The number of hydrogen-bond acceptors (Lipinski definition) is 2. The maximum absolute atomic E-state index is 13.7. The predicted octanol–water partition coefficient (Wildman–Crippen LogP) is 4.58. The van der Waals surface area contributed by atoms with Gasteiger partial charge in [0, 0.05) is 10.5 Å². The van der Waals surface area contributed by atoms with Crippen LogP contribution in [-0.4, -0.2) is 6.04 Å². The highest BCUT2D eigenvalue weighted by molar-refractivity contribution is 9.10. The molecule has 0 aliphatic carbocycles. The number of aryl methyl sites for hydroxylation is 1. The van der Waals surface area contributed by atoms with Gasteiger partial charge in [-0.05, 0) is 55.7 Å². The second-order valence-corrected chi connectivity index (χ2v) is 5.82. The summed E-state index contributed by atoms with van der Waals surface area (Å²) in [6, 6.07) is 10.5. The van der Waals surface area contributed by atoms with Gasteiger partial charge in [0.1, 0.15) is 5.75 Å². The van der Waals surface area contributed by atoms with E-state index in [1.807, 2.05) is 32.0 Å². The molecule has 0 amide bonds. The molecule has 2 aromatic rings. The molecule has 0 saturated heterocycles. The Bertz CT molecular complexity index is 613. The van der Waals surface area contributed by atoms with E-state index in [0.29, 0.717) is 5.75 Å². The van der Waals surface area contributed by atoms with Crippen LogP contribution in [0.4, 0.5) is 4.39 Å². The summed E-state index contributed by atoms with van der Waals surface area (Å²) >= 11 is 3.49. The lowest BCUT2D eigenvalue weighted by Crippen LogP contribution is -2.17. The third-order valence-electron chi connectivity index (χ3n) is 2.88. The average molecular weight is 338 g/mol. The molecule has 0 aromatic heterocycles. The highest BCUT2D eigenvalue weighted by Gasteiger charge is 2.08. The van der Waals surface area contributed by atoms with Gasteiger partial charge in [-0.25, -0.2) is 4.39 Å². The fourth-order valence-electron chi connectivity index (χ4n) is 1.92. The van der Waals surface area contributed by atoms with Crippen LogP contribution in [0, 0.1) is 12.7 Å². The third kappa shape index (κ3) is 3.81. The monoisotopic (exact) mass is 337 g/mol. The van der Waals surface area contributed by atoms with Crippen molar-refractivity contribution >= 4 is 15.9 Å². The second-order valence-electron chi connectivity index (χ2n) is 4.97. The Morgan fingerprint density at radius 1 is 1.25 bits per heavy atom. The van der Waals surface area contributed by atoms with E-state index in [-0.39, 0.29) is 17.6 Å². The van der Waals surface area contributed by atoms with E-state index in [0.717, 1.165) is 22.0 Å². The highest BCUT2D eigenvalue weighted by atomic mass is 79.9. The van der Waals surface area contributed by atoms with E-state index in [1.165, 1.54) is 6.07 Å². The standard InChI is InChI=1S/C16H17BrFNO/c1-10-3-6-15(18)16(7-10)20-13-5-4-12(8-11(2)19)14(17)9-13/h3-7,9,11H,8,19H2,1-2H3. The summed E-state index contributed by atoms with van der Waals surface area (Å²) in [5.41, 5.74) is 7.85. The van der Waals surface area contributed by atoms with Crippen molar-refractivity contribution in [3.05, 3.63) is 57.8 Å². The molecule has 1 unspecified atom stereocenters. The van der Waals surface area contributed by atoms with E-state index < -0.39 is 0 Å². The largest absolute Gasteiger partial charge is 0.454 e. The Kier molecular flexibility index (Phi) is 4.78. The van der Waals surface area contributed by atoms with Crippen LogP contribution >= 0.6 is 15.9 Å². The lowest BCUT2D eigenvalue weighted by atomic mass is 10.1. The zero-order valence-electron chi connectivity index (χ0n) is 11.5. The molecule has 4 heteroatoms. The van der Waals surface area contributed by atoms with Gasteiger partial charge < -0.3 is 10.5 Å².